The molecule has 2 heterocycles. The van der Waals surface area contributed by atoms with Gasteiger partial charge in [0.1, 0.15) is 6.04 Å². The lowest BCUT2D eigenvalue weighted by atomic mass is 9.90. The van der Waals surface area contributed by atoms with E-state index in [1.54, 1.807) is 11.0 Å². The van der Waals surface area contributed by atoms with Gasteiger partial charge in [0.25, 0.3) is 0 Å². The van der Waals surface area contributed by atoms with Gasteiger partial charge >= 0.3 is 12.1 Å². The molecule has 2 saturated heterocycles. The Balaban J connectivity index is 1.41. The summed E-state index contributed by atoms with van der Waals surface area (Å²) < 4.78 is 44.4. The first kappa shape index (κ1) is 24.8. The van der Waals surface area contributed by atoms with E-state index in [2.05, 4.69) is 4.90 Å². The van der Waals surface area contributed by atoms with Gasteiger partial charge in [-0.1, -0.05) is 6.07 Å². The second-order valence-electron chi connectivity index (χ2n) is 9.63. The molecule has 7 nitrogen and oxygen atoms in total. The molecule has 1 amide bonds. The Kier molecular flexibility index (Phi) is 7.09. The van der Waals surface area contributed by atoms with Crippen LogP contribution in [0.2, 0.25) is 0 Å². The number of piperidine rings is 1. The molecule has 4 rings (SSSR count). The monoisotopic (exact) mass is 483 g/mol. The number of likely N-dealkylation sites (tertiary alicyclic amines) is 1. The molecular formula is C24H32F3N3O4. The summed E-state index contributed by atoms with van der Waals surface area (Å²) in [4.78, 5) is 30.9. The number of esters is 1. The molecule has 10 heteroatoms. The van der Waals surface area contributed by atoms with Crippen LogP contribution in [0.5, 0.6) is 0 Å². The van der Waals surface area contributed by atoms with Gasteiger partial charge in [0.2, 0.25) is 5.91 Å². The summed E-state index contributed by atoms with van der Waals surface area (Å²) in [7, 11) is 1.29. The predicted octanol–water partition coefficient (Wildman–Crippen LogP) is 2.52. The summed E-state index contributed by atoms with van der Waals surface area (Å²) in [5.74, 6) is -0.724. The van der Waals surface area contributed by atoms with Gasteiger partial charge in [-0.25, -0.2) is 4.79 Å². The van der Waals surface area contributed by atoms with Crippen LogP contribution in [0.1, 0.15) is 37.7 Å². The zero-order valence-corrected chi connectivity index (χ0v) is 19.4. The number of aliphatic hydroxyl groups excluding tert-OH is 1. The number of benzene rings is 1. The number of nitrogens with zero attached hydrogens (tertiary/aromatic N) is 3. The molecule has 3 aliphatic rings. The summed E-state index contributed by atoms with van der Waals surface area (Å²) in [6.07, 6.45) is -1.27. The molecule has 2 aliphatic heterocycles. The molecule has 1 spiro atoms. The summed E-state index contributed by atoms with van der Waals surface area (Å²) in [6, 6.07) is 4.30. The van der Waals surface area contributed by atoms with Gasteiger partial charge in [-0.05, 0) is 55.8 Å². The molecule has 188 valence electrons. The molecule has 0 aromatic heterocycles. The van der Waals surface area contributed by atoms with Crippen molar-refractivity contribution in [1.29, 1.82) is 0 Å². The van der Waals surface area contributed by atoms with Crippen LogP contribution < -0.4 is 4.90 Å². The van der Waals surface area contributed by atoms with Crippen molar-refractivity contribution in [1.82, 2.24) is 9.80 Å². The number of aliphatic hydroxyl groups is 1. The van der Waals surface area contributed by atoms with E-state index in [-0.39, 0.29) is 36.9 Å². The summed E-state index contributed by atoms with van der Waals surface area (Å²) in [6.45, 7) is 2.75. The molecule has 1 aromatic rings. The fourth-order valence-electron chi connectivity index (χ4n) is 5.17. The molecule has 1 saturated carbocycles. The maximum Gasteiger partial charge on any atom is 0.416 e. The number of β-amino-alcohol motifs (C(OH)–C–C–N with tert-alkyl or cyclic N) is 1. The number of rotatable bonds is 6. The Morgan fingerprint density at radius 1 is 1.21 bits per heavy atom. The number of carbonyl (C=O) groups excluding carboxylic acids is 2. The van der Waals surface area contributed by atoms with Crippen LogP contribution in [0.3, 0.4) is 0 Å². The second kappa shape index (κ2) is 9.73. The summed E-state index contributed by atoms with van der Waals surface area (Å²) >= 11 is 0. The number of anilines is 1. The van der Waals surface area contributed by atoms with Gasteiger partial charge in [-0.15, -0.1) is 0 Å². The molecule has 0 radical (unpaired) electrons. The van der Waals surface area contributed by atoms with Crippen LogP contribution >= 0.6 is 0 Å². The molecule has 0 bridgehead atoms. The molecule has 1 aromatic carbocycles. The van der Waals surface area contributed by atoms with Crippen molar-refractivity contribution in [3.63, 3.8) is 0 Å². The molecule has 2 atom stereocenters. The standard InChI is InChI=1S/C24H32F3N3O4/c1-34-22(33)19(5-10-28-12-9-23(7-8-23)20(31)16-28)30-14-13-29(11-6-21(30)32)18-4-2-3-17(15-18)24(25,26)27/h2-4,15,19-20,31H,5-14,16H2,1H3/t19?,20-/m1/s1. The molecule has 34 heavy (non-hydrogen) atoms. The third-order valence-electron chi connectivity index (χ3n) is 7.59. The fraction of sp³-hybridized carbons (Fsp3) is 0.667. The minimum atomic E-state index is -4.44. The maximum atomic E-state index is 13.1. The Bertz CT molecular complexity index is 906. The Morgan fingerprint density at radius 3 is 2.62 bits per heavy atom. The lowest BCUT2D eigenvalue weighted by Crippen LogP contribution is -2.50. The van der Waals surface area contributed by atoms with Crippen molar-refractivity contribution in [3.05, 3.63) is 29.8 Å². The first-order chi connectivity index (χ1) is 16.1. The second-order valence-corrected chi connectivity index (χ2v) is 9.63. The maximum absolute atomic E-state index is 13.1. The van der Waals surface area contributed by atoms with Gasteiger partial charge in [0.15, 0.2) is 0 Å². The number of hydrogen-bond acceptors (Lipinski definition) is 6. The van der Waals surface area contributed by atoms with E-state index in [0.717, 1.165) is 37.9 Å². The van der Waals surface area contributed by atoms with E-state index in [4.69, 9.17) is 4.74 Å². The number of hydrogen-bond donors (Lipinski definition) is 1. The van der Waals surface area contributed by atoms with Gasteiger partial charge in [-0.2, -0.15) is 13.2 Å². The van der Waals surface area contributed by atoms with Crippen LogP contribution in [0.15, 0.2) is 24.3 Å². The van der Waals surface area contributed by atoms with E-state index < -0.39 is 23.8 Å². The van der Waals surface area contributed by atoms with Crippen LogP contribution in [-0.4, -0.2) is 85.3 Å². The van der Waals surface area contributed by atoms with Crippen molar-refractivity contribution in [2.75, 3.05) is 51.3 Å². The Labute approximate surface area is 197 Å². The summed E-state index contributed by atoms with van der Waals surface area (Å²) in [5.41, 5.74) is -0.247. The van der Waals surface area contributed by atoms with Crippen LogP contribution in [0.25, 0.3) is 0 Å². The zero-order chi connectivity index (χ0) is 24.5. The van der Waals surface area contributed by atoms with E-state index in [1.165, 1.54) is 18.1 Å². The highest BCUT2D eigenvalue weighted by Crippen LogP contribution is 2.53. The smallest absolute Gasteiger partial charge is 0.416 e. The molecular weight excluding hydrogens is 451 g/mol. The highest BCUT2D eigenvalue weighted by Gasteiger charge is 2.51. The molecule has 1 N–H and O–H groups in total. The molecule has 1 aliphatic carbocycles. The van der Waals surface area contributed by atoms with Gasteiger partial charge in [-0.3, -0.25) is 4.79 Å². The average molecular weight is 484 g/mol. The van der Waals surface area contributed by atoms with Gasteiger partial charge < -0.3 is 24.5 Å². The van der Waals surface area contributed by atoms with Crippen molar-refractivity contribution >= 4 is 17.6 Å². The lowest BCUT2D eigenvalue weighted by Gasteiger charge is -2.37. The van der Waals surface area contributed by atoms with E-state index in [9.17, 15) is 27.9 Å². The zero-order valence-electron chi connectivity index (χ0n) is 19.4. The van der Waals surface area contributed by atoms with E-state index in [1.807, 2.05) is 0 Å². The van der Waals surface area contributed by atoms with Gasteiger partial charge in [0, 0.05) is 44.8 Å². The third kappa shape index (κ3) is 5.33. The van der Waals surface area contributed by atoms with Crippen molar-refractivity contribution in [2.45, 2.75) is 50.4 Å². The minimum Gasteiger partial charge on any atom is -0.467 e. The van der Waals surface area contributed by atoms with Crippen molar-refractivity contribution in [3.8, 4) is 0 Å². The quantitative estimate of drug-likeness (QED) is 0.627. The normalized spacial score (nSPS) is 24.1. The lowest BCUT2D eigenvalue weighted by molar-refractivity contribution is -0.153. The average Bonchev–Trinajstić information content (AvgIpc) is 3.61. The largest absolute Gasteiger partial charge is 0.467 e. The number of amides is 1. The van der Waals surface area contributed by atoms with Crippen LogP contribution in [0, 0.1) is 5.41 Å². The number of carbonyl (C=O) groups is 2. The van der Waals surface area contributed by atoms with Crippen LogP contribution in [0.4, 0.5) is 18.9 Å². The molecule has 3 fully saturated rings. The topological polar surface area (TPSA) is 73.3 Å². The third-order valence-corrected chi connectivity index (χ3v) is 7.59. The van der Waals surface area contributed by atoms with Gasteiger partial charge in [0.05, 0.1) is 18.8 Å². The predicted molar refractivity (Wildman–Crippen MR) is 119 cm³/mol. The van der Waals surface area contributed by atoms with Crippen LogP contribution in [-0.2, 0) is 20.5 Å². The Morgan fingerprint density at radius 2 is 1.97 bits per heavy atom. The first-order valence-corrected chi connectivity index (χ1v) is 11.8. The number of methoxy groups -OCH3 is 1. The fourth-order valence-corrected chi connectivity index (χ4v) is 5.17. The molecule has 1 unspecified atom stereocenters. The number of alkyl halides is 3. The first-order valence-electron chi connectivity index (χ1n) is 11.8. The van der Waals surface area contributed by atoms with E-state index >= 15 is 0 Å². The number of halogens is 3. The highest BCUT2D eigenvalue weighted by molar-refractivity contribution is 5.85. The minimum absolute atomic E-state index is 0.0892. The summed E-state index contributed by atoms with van der Waals surface area (Å²) in [5, 5.41) is 10.5. The highest BCUT2D eigenvalue weighted by atomic mass is 19.4. The Hall–Kier alpha value is -2.33. The van der Waals surface area contributed by atoms with Crippen molar-refractivity contribution < 1.29 is 32.6 Å². The SMILES string of the molecule is COC(=O)C(CCN1CCC2(CC2)[C@H](O)C1)N1CCN(c2cccc(C(F)(F)F)c2)CCC1=O. The van der Waals surface area contributed by atoms with E-state index in [0.29, 0.717) is 31.7 Å². The van der Waals surface area contributed by atoms with Crippen molar-refractivity contribution in [2.24, 2.45) is 5.41 Å². The number of ether oxygens (including phenoxy) is 1.